The third kappa shape index (κ3) is 1.46. The van der Waals surface area contributed by atoms with Crippen LogP contribution in [-0.2, 0) is 0 Å². The van der Waals surface area contributed by atoms with Gasteiger partial charge in [0.05, 0.1) is 0 Å². The molecule has 48 valence electrons. The van der Waals surface area contributed by atoms with Crippen molar-refractivity contribution in [1.29, 1.82) is 0 Å². The van der Waals surface area contributed by atoms with Crippen LogP contribution in [0.25, 0.3) is 0 Å². The van der Waals surface area contributed by atoms with Gasteiger partial charge < -0.3 is 5.32 Å². The molecule has 1 N–H and O–H groups in total. The molecular formula is C8H11N. The molecule has 1 aliphatic heterocycles. The lowest BCUT2D eigenvalue weighted by molar-refractivity contribution is 1.15. The van der Waals surface area contributed by atoms with Gasteiger partial charge in [-0.3, -0.25) is 0 Å². The minimum atomic E-state index is 1.30. The number of nitrogens with one attached hydrogen (secondary N) is 1. The summed E-state index contributed by atoms with van der Waals surface area (Å²) in [5.41, 5.74) is 2.65. The summed E-state index contributed by atoms with van der Waals surface area (Å²) in [4.78, 5) is 0. The predicted molar refractivity (Wildman–Crippen MR) is 39.8 cm³/mol. The topological polar surface area (TPSA) is 12.0 Å². The summed E-state index contributed by atoms with van der Waals surface area (Å²) in [6.45, 7) is 4.21. The Morgan fingerprint density at radius 2 is 1.78 bits per heavy atom. The van der Waals surface area contributed by atoms with Crippen molar-refractivity contribution in [3.05, 3.63) is 35.7 Å². The molecule has 0 fully saturated rings. The van der Waals surface area contributed by atoms with Crippen molar-refractivity contribution < 1.29 is 0 Å². The molecule has 1 heteroatoms. The standard InChI is InChI=1S/C8H11N/c1-7(2)8-3-5-9-6-4-8/h3-6,9H,1-2H3. The van der Waals surface area contributed by atoms with Gasteiger partial charge in [-0.25, -0.2) is 0 Å². The Kier molecular flexibility index (Phi) is 1.73. The summed E-state index contributed by atoms with van der Waals surface area (Å²) in [5, 5.41) is 2.97. The van der Waals surface area contributed by atoms with Gasteiger partial charge >= 0.3 is 0 Å². The van der Waals surface area contributed by atoms with Crippen molar-refractivity contribution >= 4 is 0 Å². The Morgan fingerprint density at radius 1 is 1.22 bits per heavy atom. The smallest absolute Gasteiger partial charge is 0.00104 e. The largest absolute Gasteiger partial charge is 0.368 e. The predicted octanol–water partition coefficient (Wildman–Crippen LogP) is 1.95. The average molecular weight is 121 g/mol. The van der Waals surface area contributed by atoms with E-state index in [2.05, 4.69) is 31.3 Å². The van der Waals surface area contributed by atoms with Crippen LogP contribution in [0.1, 0.15) is 13.8 Å². The molecule has 0 aromatic heterocycles. The molecule has 0 radical (unpaired) electrons. The Labute approximate surface area is 55.8 Å². The molecule has 0 saturated carbocycles. The maximum atomic E-state index is 2.97. The first kappa shape index (κ1) is 6.14. The van der Waals surface area contributed by atoms with Crippen molar-refractivity contribution in [2.45, 2.75) is 13.8 Å². The van der Waals surface area contributed by atoms with E-state index in [0.717, 1.165) is 0 Å². The van der Waals surface area contributed by atoms with Crippen molar-refractivity contribution in [2.75, 3.05) is 0 Å². The third-order valence-electron chi connectivity index (χ3n) is 1.30. The molecule has 1 nitrogen and oxygen atoms in total. The van der Waals surface area contributed by atoms with Crippen LogP contribution in [-0.4, -0.2) is 0 Å². The van der Waals surface area contributed by atoms with Crippen LogP contribution in [0.3, 0.4) is 0 Å². The summed E-state index contributed by atoms with van der Waals surface area (Å²) in [7, 11) is 0. The van der Waals surface area contributed by atoms with Gasteiger partial charge in [0, 0.05) is 12.4 Å². The molecule has 0 atom stereocenters. The zero-order valence-corrected chi connectivity index (χ0v) is 5.81. The molecular weight excluding hydrogens is 110 g/mol. The van der Waals surface area contributed by atoms with E-state index in [0.29, 0.717) is 0 Å². The SMILES string of the molecule is CC(C)=C1C=CNC=C1. The normalized spacial score (nSPS) is 15.6. The van der Waals surface area contributed by atoms with Crippen LogP contribution >= 0.6 is 0 Å². The molecule has 1 heterocycles. The molecule has 0 amide bonds. The van der Waals surface area contributed by atoms with Gasteiger partial charge in [0.2, 0.25) is 0 Å². The van der Waals surface area contributed by atoms with Gasteiger partial charge in [-0.15, -0.1) is 0 Å². The van der Waals surface area contributed by atoms with Gasteiger partial charge in [0.15, 0.2) is 0 Å². The first-order chi connectivity index (χ1) is 4.30. The number of rotatable bonds is 0. The van der Waals surface area contributed by atoms with E-state index < -0.39 is 0 Å². The highest BCUT2D eigenvalue weighted by atomic mass is 14.8. The lowest BCUT2D eigenvalue weighted by Gasteiger charge is -2.02. The van der Waals surface area contributed by atoms with Crippen molar-refractivity contribution in [2.24, 2.45) is 0 Å². The Hall–Kier alpha value is -0.980. The summed E-state index contributed by atoms with van der Waals surface area (Å²) >= 11 is 0. The van der Waals surface area contributed by atoms with Crippen LogP contribution in [0.15, 0.2) is 35.7 Å². The van der Waals surface area contributed by atoms with Gasteiger partial charge in [0.25, 0.3) is 0 Å². The monoisotopic (exact) mass is 121 g/mol. The molecule has 0 aliphatic carbocycles. The molecule has 0 spiro atoms. The van der Waals surface area contributed by atoms with Crippen LogP contribution in [0, 0.1) is 0 Å². The zero-order valence-electron chi connectivity index (χ0n) is 5.81. The highest BCUT2D eigenvalue weighted by molar-refractivity contribution is 5.36. The molecule has 0 unspecified atom stereocenters. The minimum absolute atomic E-state index is 1.30. The third-order valence-corrected chi connectivity index (χ3v) is 1.30. The number of allylic oxidation sites excluding steroid dienone is 4. The Balaban J connectivity index is 2.83. The Bertz CT molecular complexity index is 167. The lowest BCUT2D eigenvalue weighted by Crippen LogP contribution is -1.97. The number of hydrogen-bond donors (Lipinski definition) is 1. The van der Waals surface area contributed by atoms with E-state index in [-0.39, 0.29) is 0 Å². The van der Waals surface area contributed by atoms with Crippen LogP contribution in [0.2, 0.25) is 0 Å². The average Bonchev–Trinajstić information content (AvgIpc) is 1.90. The molecule has 0 bridgehead atoms. The molecule has 0 aromatic carbocycles. The van der Waals surface area contributed by atoms with Crippen molar-refractivity contribution in [1.82, 2.24) is 5.32 Å². The minimum Gasteiger partial charge on any atom is -0.368 e. The van der Waals surface area contributed by atoms with Crippen molar-refractivity contribution in [3.63, 3.8) is 0 Å². The second kappa shape index (κ2) is 2.53. The summed E-state index contributed by atoms with van der Waals surface area (Å²) in [6.07, 6.45) is 8.00. The highest BCUT2D eigenvalue weighted by Gasteiger charge is 1.90. The maximum Gasteiger partial charge on any atom is 0.00104 e. The fourth-order valence-electron chi connectivity index (χ4n) is 0.720. The lowest BCUT2D eigenvalue weighted by atomic mass is 10.1. The van der Waals surface area contributed by atoms with Crippen LogP contribution in [0.5, 0.6) is 0 Å². The van der Waals surface area contributed by atoms with E-state index in [1.165, 1.54) is 11.1 Å². The van der Waals surface area contributed by atoms with Crippen LogP contribution < -0.4 is 5.32 Å². The second-order valence-electron chi connectivity index (χ2n) is 2.29. The first-order valence-corrected chi connectivity index (χ1v) is 3.07. The quantitative estimate of drug-likeness (QED) is 0.516. The first-order valence-electron chi connectivity index (χ1n) is 3.07. The summed E-state index contributed by atoms with van der Waals surface area (Å²) in [6, 6.07) is 0. The molecule has 9 heavy (non-hydrogen) atoms. The van der Waals surface area contributed by atoms with Crippen molar-refractivity contribution in [3.8, 4) is 0 Å². The second-order valence-corrected chi connectivity index (χ2v) is 2.29. The van der Waals surface area contributed by atoms with Crippen LogP contribution in [0.4, 0.5) is 0 Å². The zero-order chi connectivity index (χ0) is 6.69. The fraction of sp³-hybridized carbons (Fsp3) is 0.250. The van der Waals surface area contributed by atoms with E-state index in [9.17, 15) is 0 Å². The Morgan fingerprint density at radius 3 is 2.11 bits per heavy atom. The summed E-state index contributed by atoms with van der Waals surface area (Å²) in [5.74, 6) is 0. The number of hydrogen-bond acceptors (Lipinski definition) is 1. The fourth-order valence-corrected chi connectivity index (χ4v) is 0.720. The van der Waals surface area contributed by atoms with Gasteiger partial charge in [-0.2, -0.15) is 0 Å². The molecule has 0 saturated heterocycles. The van der Waals surface area contributed by atoms with E-state index >= 15 is 0 Å². The summed E-state index contributed by atoms with van der Waals surface area (Å²) < 4.78 is 0. The van der Waals surface area contributed by atoms with Gasteiger partial charge in [-0.1, -0.05) is 5.57 Å². The maximum absolute atomic E-state index is 2.97. The van der Waals surface area contributed by atoms with E-state index in [1.807, 2.05) is 12.4 Å². The highest BCUT2D eigenvalue weighted by Crippen LogP contribution is 2.07. The molecule has 1 rings (SSSR count). The van der Waals surface area contributed by atoms with E-state index in [4.69, 9.17) is 0 Å². The molecule has 1 aliphatic rings. The van der Waals surface area contributed by atoms with Gasteiger partial charge in [-0.05, 0) is 31.6 Å². The van der Waals surface area contributed by atoms with Gasteiger partial charge in [0.1, 0.15) is 0 Å². The number of dihydropyridines is 1. The van der Waals surface area contributed by atoms with E-state index in [1.54, 1.807) is 0 Å². The molecule has 0 aromatic rings.